The fourth-order valence-corrected chi connectivity index (χ4v) is 1.66. The number of hydrogen-bond acceptors (Lipinski definition) is 5. The molecule has 0 aliphatic carbocycles. The van der Waals surface area contributed by atoms with Crippen LogP contribution in [0.4, 0.5) is 0 Å². The Kier molecular flexibility index (Phi) is 4.34. The summed E-state index contributed by atoms with van der Waals surface area (Å²) in [4.78, 5) is 22.4. The summed E-state index contributed by atoms with van der Waals surface area (Å²) in [5.41, 5.74) is 0.0611. The Bertz CT molecular complexity index is 688. The SMILES string of the molecule is CNC(=O)c1ccc(Oc2cc(Cl)ccc2C(=O)O)nn1. The number of nitrogens with zero attached hydrogens (tertiary/aromatic N) is 2. The van der Waals surface area contributed by atoms with E-state index in [1.165, 1.54) is 37.4 Å². The number of aromatic carboxylic acids is 1. The van der Waals surface area contributed by atoms with Crippen molar-refractivity contribution in [1.82, 2.24) is 15.5 Å². The molecule has 0 aliphatic heterocycles. The number of carbonyl (C=O) groups is 2. The zero-order chi connectivity index (χ0) is 15.4. The van der Waals surface area contributed by atoms with E-state index >= 15 is 0 Å². The maximum atomic E-state index is 11.3. The molecule has 1 aromatic carbocycles. The van der Waals surface area contributed by atoms with E-state index in [0.717, 1.165) is 0 Å². The van der Waals surface area contributed by atoms with Crippen LogP contribution in [0.5, 0.6) is 11.6 Å². The zero-order valence-electron chi connectivity index (χ0n) is 10.8. The Hall–Kier alpha value is -2.67. The van der Waals surface area contributed by atoms with Gasteiger partial charge in [0.15, 0.2) is 5.69 Å². The van der Waals surface area contributed by atoms with Gasteiger partial charge < -0.3 is 15.2 Å². The summed E-state index contributed by atoms with van der Waals surface area (Å²) in [5, 5.41) is 19.2. The highest BCUT2D eigenvalue weighted by molar-refractivity contribution is 6.30. The first kappa shape index (κ1) is 14.7. The van der Waals surface area contributed by atoms with E-state index in [9.17, 15) is 9.59 Å². The molecular formula is C13H10ClN3O4. The lowest BCUT2D eigenvalue weighted by atomic mass is 10.2. The average Bonchev–Trinajstić information content (AvgIpc) is 2.47. The van der Waals surface area contributed by atoms with Crippen LogP contribution >= 0.6 is 11.6 Å². The number of hydrogen-bond donors (Lipinski definition) is 2. The van der Waals surface area contributed by atoms with Gasteiger partial charge in [-0.2, -0.15) is 0 Å². The van der Waals surface area contributed by atoms with E-state index in [1.54, 1.807) is 0 Å². The van der Waals surface area contributed by atoms with Gasteiger partial charge in [-0.05, 0) is 18.2 Å². The smallest absolute Gasteiger partial charge is 0.339 e. The molecule has 1 aromatic heterocycles. The van der Waals surface area contributed by atoms with Crippen LogP contribution in [0.15, 0.2) is 30.3 Å². The summed E-state index contributed by atoms with van der Waals surface area (Å²) in [6.45, 7) is 0. The third kappa shape index (κ3) is 3.46. The van der Waals surface area contributed by atoms with Crippen molar-refractivity contribution in [3.05, 3.63) is 46.6 Å². The number of carboxylic acid groups (broad SMARTS) is 1. The molecule has 1 heterocycles. The molecule has 0 radical (unpaired) electrons. The van der Waals surface area contributed by atoms with Gasteiger partial charge in [0, 0.05) is 24.2 Å². The first-order valence-corrected chi connectivity index (χ1v) is 6.15. The second-order valence-electron chi connectivity index (χ2n) is 3.88. The Morgan fingerprint density at radius 2 is 2.00 bits per heavy atom. The van der Waals surface area contributed by atoms with Gasteiger partial charge >= 0.3 is 5.97 Å². The van der Waals surface area contributed by atoms with Crippen LogP contribution in [-0.4, -0.2) is 34.2 Å². The van der Waals surface area contributed by atoms with E-state index in [0.29, 0.717) is 5.02 Å². The summed E-state index contributed by atoms with van der Waals surface area (Å²) in [6.07, 6.45) is 0. The molecule has 0 bridgehead atoms. The van der Waals surface area contributed by atoms with Gasteiger partial charge in [-0.25, -0.2) is 4.79 Å². The Morgan fingerprint density at radius 1 is 1.24 bits per heavy atom. The van der Waals surface area contributed by atoms with Crippen molar-refractivity contribution in [3.8, 4) is 11.6 Å². The average molecular weight is 308 g/mol. The second kappa shape index (κ2) is 6.19. The van der Waals surface area contributed by atoms with Crippen molar-refractivity contribution < 1.29 is 19.4 Å². The first-order chi connectivity index (χ1) is 10.0. The molecule has 2 N–H and O–H groups in total. The van der Waals surface area contributed by atoms with Gasteiger partial charge in [0.2, 0.25) is 5.88 Å². The highest BCUT2D eigenvalue weighted by Gasteiger charge is 2.14. The van der Waals surface area contributed by atoms with Crippen molar-refractivity contribution in [2.24, 2.45) is 0 Å². The van der Waals surface area contributed by atoms with Gasteiger partial charge in [-0.1, -0.05) is 11.6 Å². The number of ether oxygens (including phenoxy) is 1. The van der Waals surface area contributed by atoms with Gasteiger partial charge in [-0.3, -0.25) is 4.79 Å². The summed E-state index contributed by atoms with van der Waals surface area (Å²) in [7, 11) is 1.47. The molecular weight excluding hydrogens is 298 g/mol. The number of aromatic nitrogens is 2. The van der Waals surface area contributed by atoms with Crippen LogP contribution in [0.3, 0.4) is 0 Å². The summed E-state index contributed by atoms with van der Waals surface area (Å²) in [5.74, 6) is -1.45. The van der Waals surface area contributed by atoms with Gasteiger partial charge in [0.25, 0.3) is 5.91 Å². The molecule has 0 spiro atoms. The van der Waals surface area contributed by atoms with Crippen molar-refractivity contribution in [2.45, 2.75) is 0 Å². The zero-order valence-corrected chi connectivity index (χ0v) is 11.6. The van der Waals surface area contributed by atoms with Crippen LogP contribution in [-0.2, 0) is 0 Å². The lowest BCUT2D eigenvalue weighted by Crippen LogP contribution is -2.19. The fraction of sp³-hybridized carbons (Fsp3) is 0.0769. The summed E-state index contributed by atoms with van der Waals surface area (Å²) in [6, 6.07) is 6.94. The van der Waals surface area contributed by atoms with Crippen LogP contribution in [0.25, 0.3) is 0 Å². The topological polar surface area (TPSA) is 101 Å². The second-order valence-corrected chi connectivity index (χ2v) is 4.32. The minimum atomic E-state index is -1.16. The van der Waals surface area contributed by atoms with Gasteiger partial charge in [-0.15, -0.1) is 10.2 Å². The van der Waals surface area contributed by atoms with Gasteiger partial charge in [0.1, 0.15) is 11.3 Å². The quantitative estimate of drug-likeness (QED) is 0.895. The van der Waals surface area contributed by atoms with Crippen molar-refractivity contribution >= 4 is 23.5 Å². The fourth-order valence-electron chi connectivity index (χ4n) is 1.49. The molecule has 8 heteroatoms. The molecule has 0 saturated heterocycles. The number of nitrogens with one attached hydrogen (secondary N) is 1. The number of amides is 1. The molecule has 1 amide bonds. The van der Waals surface area contributed by atoms with E-state index in [-0.39, 0.29) is 28.8 Å². The number of halogens is 1. The number of carbonyl (C=O) groups excluding carboxylic acids is 1. The van der Waals surface area contributed by atoms with E-state index < -0.39 is 5.97 Å². The van der Waals surface area contributed by atoms with E-state index in [2.05, 4.69) is 15.5 Å². The number of carboxylic acids is 1. The molecule has 21 heavy (non-hydrogen) atoms. The largest absolute Gasteiger partial charge is 0.478 e. The van der Waals surface area contributed by atoms with E-state index in [4.69, 9.17) is 21.4 Å². The maximum Gasteiger partial charge on any atom is 0.339 e. The lowest BCUT2D eigenvalue weighted by molar-refractivity contribution is 0.0694. The van der Waals surface area contributed by atoms with Gasteiger partial charge in [0.05, 0.1) is 0 Å². The van der Waals surface area contributed by atoms with Crippen LogP contribution in [0.1, 0.15) is 20.8 Å². The van der Waals surface area contributed by atoms with Crippen molar-refractivity contribution in [1.29, 1.82) is 0 Å². The Labute approximate surface area is 124 Å². The number of rotatable bonds is 4. The Balaban J connectivity index is 2.28. The van der Waals surface area contributed by atoms with E-state index in [1.807, 2.05) is 0 Å². The van der Waals surface area contributed by atoms with Crippen molar-refractivity contribution in [3.63, 3.8) is 0 Å². The molecule has 2 aromatic rings. The maximum absolute atomic E-state index is 11.3. The molecule has 2 rings (SSSR count). The lowest BCUT2D eigenvalue weighted by Gasteiger charge is -2.08. The predicted molar refractivity (Wildman–Crippen MR) is 73.9 cm³/mol. The standard InChI is InChI=1S/C13H10ClN3O4/c1-15-12(18)9-4-5-11(17-16-9)21-10-6-7(14)2-3-8(10)13(19)20/h2-6H,1H3,(H,15,18)(H,19,20). The molecule has 0 unspecified atom stereocenters. The monoisotopic (exact) mass is 307 g/mol. The molecule has 0 saturated carbocycles. The molecule has 7 nitrogen and oxygen atoms in total. The third-order valence-electron chi connectivity index (χ3n) is 2.49. The first-order valence-electron chi connectivity index (χ1n) is 5.78. The Morgan fingerprint density at radius 3 is 2.57 bits per heavy atom. The molecule has 0 atom stereocenters. The predicted octanol–water partition coefficient (Wildman–Crippen LogP) is 1.98. The molecule has 108 valence electrons. The number of benzene rings is 1. The normalized spacial score (nSPS) is 10.0. The summed E-state index contributed by atoms with van der Waals surface area (Å²) < 4.78 is 5.35. The molecule has 0 aliphatic rings. The summed E-state index contributed by atoms with van der Waals surface area (Å²) >= 11 is 5.81. The highest BCUT2D eigenvalue weighted by Crippen LogP contribution is 2.27. The minimum absolute atomic E-state index is 0.0389. The minimum Gasteiger partial charge on any atom is -0.478 e. The van der Waals surface area contributed by atoms with Crippen LogP contribution in [0.2, 0.25) is 5.02 Å². The van der Waals surface area contributed by atoms with Crippen LogP contribution in [0, 0.1) is 0 Å². The third-order valence-corrected chi connectivity index (χ3v) is 2.72. The van der Waals surface area contributed by atoms with Crippen LogP contribution < -0.4 is 10.1 Å². The van der Waals surface area contributed by atoms with Crippen molar-refractivity contribution in [2.75, 3.05) is 7.05 Å². The molecule has 0 fully saturated rings. The highest BCUT2D eigenvalue weighted by atomic mass is 35.5.